The minimum atomic E-state index is -0.453. The molecule has 2 aliphatic rings. The molecule has 110 valence electrons. The third kappa shape index (κ3) is 2.44. The lowest BCUT2D eigenvalue weighted by atomic mass is 9.78. The summed E-state index contributed by atoms with van der Waals surface area (Å²) in [5.74, 6) is 3.06. The first kappa shape index (κ1) is 13.6. The van der Waals surface area contributed by atoms with Crippen LogP contribution >= 0.6 is 0 Å². The fourth-order valence-electron chi connectivity index (χ4n) is 3.19. The summed E-state index contributed by atoms with van der Waals surface area (Å²) in [5.41, 5.74) is 0.866. The van der Waals surface area contributed by atoms with Crippen molar-refractivity contribution >= 4 is 0 Å². The Balaban J connectivity index is 1.83. The summed E-state index contributed by atoms with van der Waals surface area (Å²) in [5, 5.41) is 10.6. The molecule has 4 heteroatoms. The molecule has 0 aromatic heterocycles. The highest BCUT2D eigenvalue weighted by Crippen LogP contribution is 2.45. The molecule has 1 heterocycles. The number of aliphatic hydroxyl groups is 1. The first-order chi connectivity index (χ1) is 9.69. The summed E-state index contributed by atoms with van der Waals surface area (Å²) in [6, 6.07) is 3.75. The van der Waals surface area contributed by atoms with Crippen LogP contribution in [0, 0.1) is 11.8 Å². The van der Waals surface area contributed by atoms with Crippen molar-refractivity contribution in [1.82, 2.24) is 0 Å². The Kier molecular flexibility index (Phi) is 3.74. The molecule has 1 saturated carbocycles. The molecule has 0 bridgehead atoms. The van der Waals surface area contributed by atoms with Gasteiger partial charge in [0.25, 0.3) is 0 Å². The van der Waals surface area contributed by atoms with Crippen LogP contribution in [0.5, 0.6) is 17.2 Å². The molecule has 1 aromatic carbocycles. The van der Waals surface area contributed by atoms with Crippen molar-refractivity contribution in [2.24, 2.45) is 11.8 Å². The molecule has 1 atom stereocenters. The lowest BCUT2D eigenvalue weighted by molar-refractivity contribution is 0.0752. The maximum atomic E-state index is 10.6. The van der Waals surface area contributed by atoms with E-state index in [2.05, 4.69) is 6.92 Å². The molecule has 3 rings (SSSR count). The molecule has 1 fully saturated rings. The lowest BCUT2D eigenvalue weighted by Gasteiger charge is -2.30. The Morgan fingerprint density at radius 2 is 1.95 bits per heavy atom. The summed E-state index contributed by atoms with van der Waals surface area (Å²) >= 11 is 0. The number of methoxy groups -OCH3 is 1. The predicted octanol–water partition coefficient (Wildman–Crippen LogP) is 3.28. The van der Waals surface area contributed by atoms with Crippen LogP contribution in [0.1, 0.15) is 44.3 Å². The van der Waals surface area contributed by atoms with E-state index in [1.807, 2.05) is 12.1 Å². The Morgan fingerprint density at radius 1 is 1.20 bits per heavy atom. The van der Waals surface area contributed by atoms with Gasteiger partial charge in [0.05, 0.1) is 13.2 Å². The van der Waals surface area contributed by atoms with E-state index in [-0.39, 0.29) is 6.79 Å². The maximum Gasteiger partial charge on any atom is 0.231 e. The molecule has 1 aliphatic carbocycles. The largest absolute Gasteiger partial charge is 0.493 e. The van der Waals surface area contributed by atoms with Crippen LogP contribution in [-0.4, -0.2) is 19.0 Å². The van der Waals surface area contributed by atoms with Gasteiger partial charge in [-0.15, -0.1) is 0 Å². The van der Waals surface area contributed by atoms with Gasteiger partial charge in [-0.05, 0) is 42.4 Å². The van der Waals surface area contributed by atoms with Crippen LogP contribution in [0.2, 0.25) is 0 Å². The number of ether oxygens (including phenoxy) is 3. The van der Waals surface area contributed by atoms with Crippen LogP contribution in [0.15, 0.2) is 12.1 Å². The van der Waals surface area contributed by atoms with E-state index < -0.39 is 6.10 Å². The third-order valence-corrected chi connectivity index (χ3v) is 4.53. The monoisotopic (exact) mass is 278 g/mol. The number of hydrogen-bond donors (Lipinski definition) is 1. The van der Waals surface area contributed by atoms with E-state index >= 15 is 0 Å². The van der Waals surface area contributed by atoms with Crippen LogP contribution < -0.4 is 14.2 Å². The van der Waals surface area contributed by atoms with Crippen molar-refractivity contribution < 1.29 is 19.3 Å². The number of aliphatic hydroxyl groups excluding tert-OH is 1. The highest BCUT2D eigenvalue weighted by Gasteiger charge is 2.28. The maximum absolute atomic E-state index is 10.6. The summed E-state index contributed by atoms with van der Waals surface area (Å²) in [6.07, 6.45) is 4.11. The van der Waals surface area contributed by atoms with E-state index in [4.69, 9.17) is 14.2 Å². The van der Waals surface area contributed by atoms with Gasteiger partial charge in [-0.2, -0.15) is 0 Å². The van der Waals surface area contributed by atoms with Crippen molar-refractivity contribution in [3.63, 3.8) is 0 Å². The minimum absolute atomic E-state index is 0.214. The lowest BCUT2D eigenvalue weighted by Crippen LogP contribution is -2.19. The second-order valence-electron chi connectivity index (χ2n) is 5.92. The fraction of sp³-hybridized carbons (Fsp3) is 0.625. The number of benzene rings is 1. The summed E-state index contributed by atoms with van der Waals surface area (Å²) in [7, 11) is 1.61. The average Bonchev–Trinajstić information content (AvgIpc) is 2.94. The molecule has 4 nitrogen and oxygen atoms in total. The van der Waals surface area contributed by atoms with Crippen LogP contribution in [0.3, 0.4) is 0 Å². The Bertz CT molecular complexity index is 478. The zero-order valence-electron chi connectivity index (χ0n) is 12.1. The van der Waals surface area contributed by atoms with E-state index in [1.54, 1.807) is 7.11 Å². The Morgan fingerprint density at radius 3 is 2.65 bits per heavy atom. The summed E-state index contributed by atoms with van der Waals surface area (Å²) in [4.78, 5) is 0. The fourth-order valence-corrected chi connectivity index (χ4v) is 3.19. The number of fused-ring (bicyclic) bond motifs is 1. The SMILES string of the molecule is COc1cc(C(O)C2CCC(C)CC2)cc2c1OCO2. The standard InChI is InChI=1S/C16H22O4/c1-10-3-5-11(6-4-10)15(17)12-7-13(18-2)16-14(8-12)19-9-20-16/h7-8,10-11,15,17H,3-6,9H2,1-2H3. The molecule has 0 spiro atoms. The molecule has 0 radical (unpaired) electrons. The molecule has 1 aromatic rings. The highest BCUT2D eigenvalue weighted by atomic mass is 16.7. The molecular formula is C16H22O4. The van der Waals surface area contributed by atoms with Gasteiger partial charge in [-0.3, -0.25) is 0 Å². The van der Waals surface area contributed by atoms with Gasteiger partial charge in [0, 0.05) is 0 Å². The normalized spacial score (nSPS) is 26.4. The first-order valence-corrected chi connectivity index (χ1v) is 7.34. The molecular weight excluding hydrogens is 256 g/mol. The molecule has 0 amide bonds. The van der Waals surface area contributed by atoms with E-state index in [0.717, 1.165) is 24.3 Å². The predicted molar refractivity (Wildman–Crippen MR) is 75.2 cm³/mol. The van der Waals surface area contributed by atoms with Gasteiger partial charge >= 0.3 is 0 Å². The average molecular weight is 278 g/mol. The second kappa shape index (κ2) is 5.52. The molecule has 1 unspecified atom stereocenters. The van der Waals surface area contributed by atoms with Crippen molar-refractivity contribution in [3.8, 4) is 17.2 Å². The zero-order valence-corrected chi connectivity index (χ0v) is 12.1. The van der Waals surface area contributed by atoms with Gasteiger partial charge in [0.2, 0.25) is 12.5 Å². The molecule has 1 aliphatic heterocycles. The van der Waals surface area contributed by atoms with Gasteiger partial charge in [-0.1, -0.05) is 19.8 Å². The zero-order chi connectivity index (χ0) is 14.1. The van der Waals surface area contributed by atoms with Gasteiger partial charge < -0.3 is 19.3 Å². The number of hydrogen-bond acceptors (Lipinski definition) is 4. The van der Waals surface area contributed by atoms with E-state index in [9.17, 15) is 5.11 Å². The summed E-state index contributed by atoms with van der Waals surface area (Å²) < 4.78 is 16.1. The van der Waals surface area contributed by atoms with Gasteiger partial charge in [0.15, 0.2) is 11.5 Å². The molecule has 0 saturated heterocycles. The van der Waals surface area contributed by atoms with E-state index in [1.165, 1.54) is 12.8 Å². The van der Waals surface area contributed by atoms with Crippen LogP contribution in [-0.2, 0) is 0 Å². The number of rotatable bonds is 3. The topological polar surface area (TPSA) is 47.9 Å². The summed E-state index contributed by atoms with van der Waals surface area (Å²) in [6.45, 7) is 2.50. The highest BCUT2D eigenvalue weighted by molar-refractivity contribution is 5.55. The van der Waals surface area contributed by atoms with E-state index in [0.29, 0.717) is 23.2 Å². The van der Waals surface area contributed by atoms with Gasteiger partial charge in [-0.25, -0.2) is 0 Å². The second-order valence-corrected chi connectivity index (χ2v) is 5.92. The minimum Gasteiger partial charge on any atom is -0.493 e. The third-order valence-electron chi connectivity index (χ3n) is 4.53. The van der Waals surface area contributed by atoms with Crippen LogP contribution in [0.25, 0.3) is 0 Å². The van der Waals surface area contributed by atoms with Crippen molar-refractivity contribution in [2.75, 3.05) is 13.9 Å². The molecule has 20 heavy (non-hydrogen) atoms. The Hall–Kier alpha value is -1.42. The first-order valence-electron chi connectivity index (χ1n) is 7.34. The molecule has 1 N–H and O–H groups in total. The van der Waals surface area contributed by atoms with Crippen molar-refractivity contribution in [3.05, 3.63) is 17.7 Å². The Labute approximate surface area is 119 Å². The van der Waals surface area contributed by atoms with Crippen LogP contribution in [0.4, 0.5) is 0 Å². The smallest absolute Gasteiger partial charge is 0.231 e. The quantitative estimate of drug-likeness (QED) is 0.921. The van der Waals surface area contributed by atoms with Gasteiger partial charge in [0.1, 0.15) is 0 Å². The van der Waals surface area contributed by atoms with Crippen molar-refractivity contribution in [1.29, 1.82) is 0 Å². The van der Waals surface area contributed by atoms with Crippen molar-refractivity contribution in [2.45, 2.75) is 38.7 Å².